The Balaban J connectivity index is 2.09. The Morgan fingerprint density at radius 3 is 2.94 bits per heavy atom. The molecule has 1 fully saturated rings. The van der Waals surface area contributed by atoms with Crippen molar-refractivity contribution in [1.82, 2.24) is 10.3 Å². The van der Waals surface area contributed by atoms with Crippen LogP contribution in [0, 0.1) is 0 Å². The second kappa shape index (κ2) is 3.19. The van der Waals surface area contributed by atoms with E-state index in [1.165, 1.54) is 6.07 Å². The average Bonchev–Trinajstić information content (AvgIpc) is 2.17. The standard InChI is InChI=1S/C8H9N2O5P/c1-9-5-6-3-2-4-7(11)8(6)13-16(12)14-10(9)15-16/h2-4,11H,5H2,1H3. The summed E-state index contributed by atoms with van der Waals surface area (Å²) in [7, 11) is -1.89. The summed E-state index contributed by atoms with van der Waals surface area (Å²) in [4.78, 5) is 0. The summed E-state index contributed by atoms with van der Waals surface area (Å²) in [5.41, 5.74) is 0.708. The topological polar surface area (TPSA) is 71.5 Å². The van der Waals surface area contributed by atoms with Crippen molar-refractivity contribution >= 4 is 7.82 Å². The summed E-state index contributed by atoms with van der Waals surface area (Å²) in [6, 6.07) is 4.90. The number of phenolic OH excluding ortho intramolecular Hbond substituents is 1. The third-order valence-corrected chi connectivity index (χ3v) is 3.38. The fourth-order valence-corrected chi connectivity index (χ4v) is 2.66. The maximum absolute atomic E-state index is 11.7. The number of para-hydroxylation sites is 1. The van der Waals surface area contributed by atoms with Gasteiger partial charge in [0.05, 0.1) is 0 Å². The number of rotatable bonds is 0. The van der Waals surface area contributed by atoms with Crippen molar-refractivity contribution in [3.05, 3.63) is 23.8 Å². The van der Waals surface area contributed by atoms with E-state index < -0.39 is 7.82 Å². The first-order chi connectivity index (χ1) is 7.57. The van der Waals surface area contributed by atoms with Gasteiger partial charge < -0.3 is 9.63 Å². The summed E-state index contributed by atoms with van der Waals surface area (Å²) >= 11 is 0. The fraction of sp³-hybridized carbons (Fsp3) is 0.250. The first kappa shape index (κ1) is 10.1. The molecule has 2 bridgehead atoms. The highest BCUT2D eigenvalue weighted by molar-refractivity contribution is 7.49. The normalized spacial score (nSPS) is 32.9. The fourth-order valence-electron chi connectivity index (χ4n) is 1.55. The zero-order valence-electron chi connectivity index (χ0n) is 8.36. The quantitative estimate of drug-likeness (QED) is 0.692. The maximum Gasteiger partial charge on any atom is 0.570 e. The zero-order chi connectivity index (χ0) is 11.3. The van der Waals surface area contributed by atoms with Crippen molar-refractivity contribution in [2.24, 2.45) is 0 Å². The van der Waals surface area contributed by atoms with E-state index in [0.717, 1.165) is 5.34 Å². The van der Waals surface area contributed by atoms with Crippen LogP contribution in [-0.4, -0.2) is 22.5 Å². The highest BCUT2D eigenvalue weighted by Crippen LogP contribution is 2.62. The molecule has 1 N–H and O–H groups in total. The van der Waals surface area contributed by atoms with Crippen LogP contribution in [0.3, 0.4) is 0 Å². The average molecular weight is 244 g/mol. The number of phosphoric acid groups is 1. The molecule has 0 radical (unpaired) electrons. The lowest BCUT2D eigenvalue weighted by atomic mass is 10.2. The highest BCUT2D eigenvalue weighted by atomic mass is 31.2. The lowest BCUT2D eigenvalue weighted by Gasteiger charge is -2.40. The molecule has 3 aliphatic heterocycles. The van der Waals surface area contributed by atoms with E-state index in [4.69, 9.17) is 13.8 Å². The summed E-state index contributed by atoms with van der Waals surface area (Å²) in [5, 5.41) is 12.2. The van der Waals surface area contributed by atoms with Crippen molar-refractivity contribution < 1.29 is 23.4 Å². The Bertz CT molecular complexity index is 483. The number of hydrogen-bond donors (Lipinski definition) is 1. The molecule has 7 nitrogen and oxygen atoms in total. The molecule has 0 unspecified atom stereocenters. The van der Waals surface area contributed by atoms with Crippen LogP contribution in [-0.2, 0) is 20.4 Å². The Morgan fingerprint density at radius 1 is 1.44 bits per heavy atom. The van der Waals surface area contributed by atoms with Gasteiger partial charge in [-0.05, 0) is 6.07 Å². The van der Waals surface area contributed by atoms with Gasteiger partial charge in [0.1, 0.15) is 0 Å². The van der Waals surface area contributed by atoms with Crippen LogP contribution in [0.1, 0.15) is 5.56 Å². The van der Waals surface area contributed by atoms with Gasteiger partial charge in [-0.25, -0.2) is 4.57 Å². The molecular formula is C8H9N2O5P. The number of hydrazine groups is 1. The number of aromatic hydroxyl groups is 1. The summed E-state index contributed by atoms with van der Waals surface area (Å²) < 4.78 is 26.5. The lowest BCUT2D eigenvalue weighted by molar-refractivity contribution is -0.445. The molecule has 1 saturated heterocycles. The van der Waals surface area contributed by atoms with Gasteiger partial charge in [-0.1, -0.05) is 12.1 Å². The number of hydrogen-bond acceptors (Lipinski definition) is 7. The van der Waals surface area contributed by atoms with Crippen LogP contribution in [0.4, 0.5) is 0 Å². The molecule has 0 amide bonds. The van der Waals surface area contributed by atoms with Gasteiger partial charge in [-0.2, -0.15) is 5.01 Å². The Labute approximate surface area is 91.2 Å². The van der Waals surface area contributed by atoms with Crippen LogP contribution in [0.2, 0.25) is 0 Å². The molecule has 16 heavy (non-hydrogen) atoms. The molecule has 8 heteroatoms. The number of fused-ring (bicyclic) bond motifs is 1. The van der Waals surface area contributed by atoms with Crippen molar-refractivity contribution in [3.8, 4) is 11.5 Å². The molecule has 1 aromatic rings. The third kappa shape index (κ3) is 1.41. The van der Waals surface area contributed by atoms with Gasteiger partial charge in [0, 0.05) is 24.5 Å². The summed E-state index contributed by atoms with van der Waals surface area (Å²) in [6.45, 7) is 0.406. The SMILES string of the molecule is CN1Cc2cccc(O)c2OP2(=O)ON1O2. The molecule has 3 heterocycles. The van der Waals surface area contributed by atoms with Crippen LogP contribution < -0.4 is 4.52 Å². The first-order valence-electron chi connectivity index (χ1n) is 4.58. The van der Waals surface area contributed by atoms with Crippen molar-refractivity contribution in [3.63, 3.8) is 0 Å². The van der Waals surface area contributed by atoms with E-state index in [2.05, 4.69) is 0 Å². The smallest absolute Gasteiger partial charge is 0.504 e. The molecule has 3 aliphatic rings. The number of phenols is 1. The molecule has 0 spiro atoms. The first-order valence-corrected chi connectivity index (χ1v) is 6.04. The van der Waals surface area contributed by atoms with Crippen molar-refractivity contribution in [1.29, 1.82) is 0 Å². The largest absolute Gasteiger partial charge is 0.570 e. The maximum atomic E-state index is 11.7. The Morgan fingerprint density at radius 2 is 2.19 bits per heavy atom. The minimum atomic E-state index is -3.59. The summed E-state index contributed by atoms with van der Waals surface area (Å²) in [5.74, 6) is 0.0470. The van der Waals surface area contributed by atoms with Gasteiger partial charge in [0.15, 0.2) is 11.5 Å². The van der Waals surface area contributed by atoms with Crippen LogP contribution in [0.5, 0.6) is 11.5 Å². The van der Waals surface area contributed by atoms with Gasteiger partial charge in [0.25, 0.3) is 0 Å². The Kier molecular flexibility index (Phi) is 2.01. The lowest BCUT2D eigenvalue weighted by Crippen LogP contribution is -2.46. The zero-order valence-corrected chi connectivity index (χ0v) is 9.26. The van der Waals surface area contributed by atoms with Crippen LogP contribution in [0.25, 0.3) is 0 Å². The molecule has 0 atom stereocenters. The van der Waals surface area contributed by atoms with Crippen LogP contribution in [0.15, 0.2) is 18.2 Å². The minimum Gasteiger partial charge on any atom is -0.504 e. The molecule has 4 rings (SSSR count). The third-order valence-electron chi connectivity index (χ3n) is 2.30. The summed E-state index contributed by atoms with van der Waals surface area (Å²) in [6.07, 6.45) is 0. The second-order valence-electron chi connectivity index (χ2n) is 3.52. The van der Waals surface area contributed by atoms with E-state index in [1.807, 2.05) is 0 Å². The molecular weight excluding hydrogens is 235 g/mol. The van der Waals surface area contributed by atoms with Gasteiger partial charge in [-0.15, -0.1) is 9.25 Å². The molecule has 0 aromatic heterocycles. The second-order valence-corrected chi connectivity index (χ2v) is 4.92. The minimum absolute atomic E-state index is 0.0892. The molecule has 0 saturated carbocycles. The van der Waals surface area contributed by atoms with Gasteiger partial charge >= 0.3 is 7.82 Å². The van der Waals surface area contributed by atoms with Crippen molar-refractivity contribution in [2.45, 2.75) is 6.54 Å². The van der Waals surface area contributed by atoms with Gasteiger partial charge in [-0.3, -0.25) is 0 Å². The number of benzene rings is 1. The van der Waals surface area contributed by atoms with E-state index in [9.17, 15) is 9.67 Å². The van der Waals surface area contributed by atoms with Gasteiger partial charge in [0.2, 0.25) is 0 Å². The van der Waals surface area contributed by atoms with E-state index in [-0.39, 0.29) is 11.5 Å². The number of nitrogens with zero attached hydrogens (tertiary/aromatic N) is 2. The monoisotopic (exact) mass is 244 g/mol. The van der Waals surface area contributed by atoms with E-state index in [0.29, 0.717) is 12.1 Å². The molecule has 86 valence electrons. The molecule has 1 aromatic carbocycles. The highest BCUT2D eigenvalue weighted by Gasteiger charge is 2.51. The predicted octanol–water partition coefficient (Wildman–Crippen LogP) is 1.42. The van der Waals surface area contributed by atoms with Crippen molar-refractivity contribution in [2.75, 3.05) is 7.05 Å². The van der Waals surface area contributed by atoms with Crippen LogP contribution >= 0.6 is 7.82 Å². The predicted molar refractivity (Wildman–Crippen MR) is 51.8 cm³/mol. The van der Waals surface area contributed by atoms with E-state index in [1.54, 1.807) is 24.2 Å². The molecule has 0 aliphatic carbocycles. The Hall–Kier alpha value is -1.11. The van der Waals surface area contributed by atoms with E-state index >= 15 is 0 Å².